The maximum absolute atomic E-state index is 13.3. The van der Waals surface area contributed by atoms with E-state index < -0.39 is 23.8 Å². The normalized spacial score (nSPS) is 22.5. The minimum atomic E-state index is -0.784. The molecule has 5 nitrogen and oxygen atoms in total. The molecule has 2 N–H and O–H groups in total. The number of rotatable bonds is 3. The van der Waals surface area contributed by atoms with Gasteiger partial charge in [-0.25, -0.2) is 13.8 Å². The van der Waals surface area contributed by atoms with Crippen molar-refractivity contribution in [3.63, 3.8) is 0 Å². The largest absolute Gasteiger partial charge is 0.441 e. The summed E-state index contributed by atoms with van der Waals surface area (Å²) in [5.74, 6) is -0.658. The average molecular weight is 324 g/mol. The van der Waals surface area contributed by atoms with Gasteiger partial charge >= 0.3 is 0 Å². The standard InChI is InChI=1S/C16H18F2N2O3/c1-9-13(7-20-3-2-14(21)15(22)8-20)19-16(23-9)10-4-11(17)6-12(18)5-10/h4-6,14-15,21-22H,2-3,7-8H2,1H3/t14-,15-/m1/s1. The second kappa shape index (κ2) is 6.35. The summed E-state index contributed by atoms with van der Waals surface area (Å²) in [6, 6.07) is 3.12. The number of benzene rings is 1. The lowest BCUT2D eigenvalue weighted by atomic mass is 10.1. The maximum Gasteiger partial charge on any atom is 0.226 e. The third-order valence-electron chi connectivity index (χ3n) is 4.01. The van der Waals surface area contributed by atoms with E-state index in [9.17, 15) is 19.0 Å². The Morgan fingerprint density at radius 2 is 1.91 bits per heavy atom. The van der Waals surface area contributed by atoms with Crippen molar-refractivity contribution in [3.8, 4) is 11.5 Å². The average Bonchev–Trinajstić information content (AvgIpc) is 2.83. The Labute approximate surface area is 132 Å². The summed E-state index contributed by atoms with van der Waals surface area (Å²) >= 11 is 0. The van der Waals surface area contributed by atoms with Crippen LogP contribution < -0.4 is 0 Å². The Bertz CT molecular complexity index is 684. The van der Waals surface area contributed by atoms with E-state index in [2.05, 4.69) is 4.98 Å². The molecule has 1 aromatic heterocycles. The summed E-state index contributed by atoms with van der Waals surface area (Å²) in [6.45, 7) is 3.15. The van der Waals surface area contributed by atoms with Crippen LogP contribution in [0, 0.1) is 18.6 Å². The number of aliphatic hydroxyl groups is 2. The molecule has 0 unspecified atom stereocenters. The summed E-state index contributed by atoms with van der Waals surface area (Å²) in [7, 11) is 0. The number of piperidine rings is 1. The van der Waals surface area contributed by atoms with Crippen molar-refractivity contribution in [2.45, 2.75) is 32.1 Å². The zero-order chi connectivity index (χ0) is 16.6. The Morgan fingerprint density at radius 3 is 2.57 bits per heavy atom. The van der Waals surface area contributed by atoms with Crippen LogP contribution >= 0.6 is 0 Å². The van der Waals surface area contributed by atoms with Gasteiger partial charge in [0.05, 0.1) is 17.9 Å². The first-order chi connectivity index (χ1) is 10.9. The molecule has 2 atom stereocenters. The number of hydrogen-bond acceptors (Lipinski definition) is 5. The quantitative estimate of drug-likeness (QED) is 0.902. The van der Waals surface area contributed by atoms with Gasteiger partial charge in [-0.3, -0.25) is 4.90 Å². The lowest BCUT2D eigenvalue weighted by Crippen LogP contribution is -2.46. The second-order valence-corrected chi connectivity index (χ2v) is 5.84. The Hall–Kier alpha value is -1.83. The summed E-state index contributed by atoms with van der Waals surface area (Å²) < 4.78 is 32.1. The van der Waals surface area contributed by atoms with Crippen LogP contribution in [0.25, 0.3) is 11.5 Å². The van der Waals surface area contributed by atoms with Crippen LogP contribution in [0.4, 0.5) is 8.78 Å². The predicted molar refractivity (Wildman–Crippen MR) is 78.5 cm³/mol. The van der Waals surface area contributed by atoms with E-state index in [1.165, 1.54) is 12.1 Å². The molecule has 7 heteroatoms. The van der Waals surface area contributed by atoms with Crippen LogP contribution in [0.2, 0.25) is 0 Å². The van der Waals surface area contributed by atoms with E-state index in [1.54, 1.807) is 6.92 Å². The Kier molecular flexibility index (Phi) is 4.43. The van der Waals surface area contributed by atoms with Crippen molar-refractivity contribution in [3.05, 3.63) is 41.3 Å². The predicted octanol–water partition coefficient (Wildman–Crippen LogP) is 1.86. The zero-order valence-corrected chi connectivity index (χ0v) is 12.7. The van der Waals surface area contributed by atoms with Gasteiger partial charge in [-0.2, -0.15) is 0 Å². The second-order valence-electron chi connectivity index (χ2n) is 5.84. The summed E-state index contributed by atoms with van der Waals surface area (Å²) in [4.78, 5) is 6.27. The number of aliphatic hydroxyl groups excluding tert-OH is 2. The highest BCUT2D eigenvalue weighted by molar-refractivity contribution is 5.53. The summed E-state index contributed by atoms with van der Waals surface area (Å²) in [5.41, 5.74) is 0.888. The lowest BCUT2D eigenvalue weighted by Gasteiger charge is -2.32. The molecule has 0 bridgehead atoms. The van der Waals surface area contributed by atoms with E-state index >= 15 is 0 Å². The highest BCUT2D eigenvalue weighted by Crippen LogP contribution is 2.25. The van der Waals surface area contributed by atoms with Crippen LogP contribution in [-0.4, -0.2) is 45.4 Å². The van der Waals surface area contributed by atoms with E-state index in [0.717, 1.165) is 6.07 Å². The van der Waals surface area contributed by atoms with Gasteiger partial charge in [-0.15, -0.1) is 0 Å². The Balaban J connectivity index is 1.78. The number of β-amino-alcohol motifs (C(OH)–C–C–N with tert-alkyl or cyclic N) is 1. The fourth-order valence-corrected chi connectivity index (χ4v) is 2.72. The van der Waals surface area contributed by atoms with Crippen molar-refractivity contribution < 1.29 is 23.4 Å². The molecule has 124 valence electrons. The van der Waals surface area contributed by atoms with Crippen molar-refractivity contribution in [1.29, 1.82) is 0 Å². The number of likely N-dealkylation sites (tertiary alicyclic amines) is 1. The fraction of sp³-hybridized carbons (Fsp3) is 0.438. The fourth-order valence-electron chi connectivity index (χ4n) is 2.72. The molecule has 23 heavy (non-hydrogen) atoms. The van der Waals surface area contributed by atoms with Gasteiger partial charge in [0.2, 0.25) is 5.89 Å². The van der Waals surface area contributed by atoms with Gasteiger partial charge in [0.1, 0.15) is 17.4 Å². The SMILES string of the molecule is Cc1oc(-c2cc(F)cc(F)c2)nc1CN1CC[C@@H](O)[C@H](O)C1. The lowest BCUT2D eigenvalue weighted by molar-refractivity contribution is -0.0406. The molecule has 2 aromatic rings. The minimum Gasteiger partial charge on any atom is -0.441 e. The minimum absolute atomic E-state index is 0.161. The topological polar surface area (TPSA) is 69.7 Å². The van der Waals surface area contributed by atoms with E-state index in [4.69, 9.17) is 4.42 Å². The van der Waals surface area contributed by atoms with Crippen LogP contribution in [-0.2, 0) is 6.54 Å². The van der Waals surface area contributed by atoms with Crippen LogP contribution in [0.15, 0.2) is 22.6 Å². The number of hydrogen-bond donors (Lipinski definition) is 2. The van der Waals surface area contributed by atoms with E-state index in [-0.39, 0.29) is 11.5 Å². The van der Waals surface area contributed by atoms with Crippen LogP contribution in [0.5, 0.6) is 0 Å². The molecule has 2 heterocycles. The first-order valence-electron chi connectivity index (χ1n) is 7.43. The number of oxazole rings is 1. The number of aryl methyl sites for hydroxylation is 1. The van der Waals surface area contributed by atoms with Gasteiger partial charge in [-0.05, 0) is 25.5 Å². The molecule has 3 rings (SSSR count). The molecular formula is C16H18F2N2O3. The molecule has 0 radical (unpaired) electrons. The van der Waals surface area contributed by atoms with Crippen molar-refractivity contribution >= 4 is 0 Å². The maximum atomic E-state index is 13.3. The van der Waals surface area contributed by atoms with Gasteiger partial charge < -0.3 is 14.6 Å². The van der Waals surface area contributed by atoms with Crippen LogP contribution in [0.3, 0.4) is 0 Å². The van der Waals surface area contributed by atoms with Gasteiger partial charge in [-0.1, -0.05) is 0 Å². The molecule has 0 aliphatic carbocycles. The molecule has 0 amide bonds. The van der Waals surface area contributed by atoms with Crippen LogP contribution in [0.1, 0.15) is 17.9 Å². The molecule has 1 aliphatic heterocycles. The first kappa shape index (κ1) is 16.0. The first-order valence-corrected chi connectivity index (χ1v) is 7.43. The molecule has 1 fully saturated rings. The molecule has 0 saturated carbocycles. The summed E-state index contributed by atoms with van der Waals surface area (Å²) in [5, 5.41) is 19.3. The number of nitrogens with zero attached hydrogens (tertiary/aromatic N) is 2. The number of aromatic nitrogens is 1. The Morgan fingerprint density at radius 1 is 1.22 bits per heavy atom. The van der Waals surface area contributed by atoms with Crippen molar-refractivity contribution in [1.82, 2.24) is 9.88 Å². The molecule has 1 saturated heterocycles. The molecular weight excluding hydrogens is 306 g/mol. The van der Waals surface area contributed by atoms with E-state index in [1.807, 2.05) is 4.90 Å². The van der Waals surface area contributed by atoms with E-state index in [0.29, 0.717) is 37.5 Å². The number of halogens is 2. The van der Waals surface area contributed by atoms with Gasteiger partial charge in [0.25, 0.3) is 0 Å². The third-order valence-corrected chi connectivity index (χ3v) is 4.01. The molecule has 0 spiro atoms. The van der Waals surface area contributed by atoms with Crippen molar-refractivity contribution in [2.24, 2.45) is 0 Å². The molecule has 1 aromatic carbocycles. The van der Waals surface area contributed by atoms with Gasteiger partial charge in [0.15, 0.2) is 0 Å². The highest BCUT2D eigenvalue weighted by Gasteiger charge is 2.27. The highest BCUT2D eigenvalue weighted by atomic mass is 19.1. The van der Waals surface area contributed by atoms with Gasteiger partial charge in [0, 0.05) is 31.3 Å². The third kappa shape index (κ3) is 3.57. The summed E-state index contributed by atoms with van der Waals surface area (Å²) in [6.07, 6.45) is -0.997. The zero-order valence-electron chi connectivity index (χ0n) is 12.7. The molecule has 1 aliphatic rings. The monoisotopic (exact) mass is 324 g/mol. The van der Waals surface area contributed by atoms with Crippen molar-refractivity contribution in [2.75, 3.05) is 13.1 Å². The smallest absolute Gasteiger partial charge is 0.226 e.